The molecule has 2 aliphatic rings. The normalized spacial score (nSPS) is 18.2. The first-order chi connectivity index (χ1) is 40.4. The summed E-state index contributed by atoms with van der Waals surface area (Å²) >= 11 is 0. The maximum absolute atomic E-state index is 14.3. The molecule has 8 rings (SSSR count). The Bertz CT molecular complexity index is 3180. The number of pyridine rings is 2. The lowest BCUT2D eigenvalue weighted by Gasteiger charge is -2.41. The first-order valence-corrected chi connectivity index (χ1v) is 27.9. The van der Waals surface area contributed by atoms with Crippen molar-refractivity contribution in [3.05, 3.63) is 179 Å². The van der Waals surface area contributed by atoms with Gasteiger partial charge in [-0.3, -0.25) is 39.2 Å². The van der Waals surface area contributed by atoms with Crippen molar-refractivity contribution >= 4 is 11.8 Å². The highest BCUT2D eigenvalue weighted by molar-refractivity contribution is 5.82. The number of nitrogens with zero attached hydrogens (tertiary/aromatic N) is 6. The third kappa shape index (κ3) is 15.2. The number of carbonyl (C=O) groups is 2. The zero-order valence-corrected chi connectivity index (χ0v) is 47.2. The molecule has 4 N–H and O–H groups in total. The molecule has 462 valence electrons. The largest absolute Gasteiger partial charge is 0.430 e. The molecule has 0 aliphatic carbocycles. The Morgan fingerprint density at radius 1 is 0.512 bits per heavy atom. The number of hydrogen-bond acceptors (Lipinski definition) is 10. The van der Waals surface area contributed by atoms with Gasteiger partial charge < -0.3 is 20.8 Å². The number of amides is 2. The molecule has 86 heavy (non-hydrogen) atoms. The van der Waals surface area contributed by atoms with Crippen LogP contribution in [0, 0.1) is 6.92 Å². The monoisotopic (exact) mass is 1210 g/mol. The smallest absolute Gasteiger partial charge is 0.369 e. The Kier molecular flexibility index (Phi) is 20.1. The molecule has 2 amide bonds. The van der Waals surface area contributed by atoms with Gasteiger partial charge in [0, 0.05) is 126 Å². The fourth-order valence-corrected chi connectivity index (χ4v) is 11.2. The molecule has 2 saturated heterocycles. The van der Waals surface area contributed by atoms with Crippen LogP contribution in [0.5, 0.6) is 0 Å². The minimum absolute atomic E-state index is 0.160. The van der Waals surface area contributed by atoms with Crippen molar-refractivity contribution in [2.75, 3.05) is 39.3 Å². The van der Waals surface area contributed by atoms with Crippen LogP contribution in [0.1, 0.15) is 72.1 Å². The molecule has 0 saturated carbocycles. The summed E-state index contributed by atoms with van der Waals surface area (Å²) in [7, 11) is 0. The van der Waals surface area contributed by atoms with Gasteiger partial charge in [-0.15, -0.1) is 0 Å². The molecule has 4 heterocycles. The van der Waals surface area contributed by atoms with Gasteiger partial charge in [0.2, 0.25) is 11.8 Å². The van der Waals surface area contributed by atoms with Crippen LogP contribution in [0.15, 0.2) is 140 Å². The summed E-state index contributed by atoms with van der Waals surface area (Å²) in [6, 6.07) is 25.5. The van der Waals surface area contributed by atoms with Gasteiger partial charge in [-0.25, -0.2) is 0 Å². The van der Waals surface area contributed by atoms with Gasteiger partial charge in [0.1, 0.15) is 6.04 Å². The van der Waals surface area contributed by atoms with Crippen LogP contribution in [0.3, 0.4) is 0 Å². The average molecular weight is 1220 g/mol. The summed E-state index contributed by atoms with van der Waals surface area (Å²) in [5.41, 5.74) is -6.57. The molecule has 24 heteroatoms. The van der Waals surface area contributed by atoms with E-state index in [1.807, 2.05) is 50.2 Å². The summed E-state index contributed by atoms with van der Waals surface area (Å²) in [5.74, 6) is -0.354. The molecule has 2 aliphatic heterocycles. The van der Waals surface area contributed by atoms with Crippen molar-refractivity contribution in [3.8, 4) is 22.3 Å². The van der Waals surface area contributed by atoms with E-state index >= 15 is 0 Å². The van der Waals surface area contributed by atoms with Crippen LogP contribution in [0.4, 0.5) is 52.7 Å². The van der Waals surface area contributed by atoms with E-state index in [0.717, 1.165) is 46.5 Å². The number of halogens is 12. The van der Waals surface area contributed by atoms with Crippen molar-refractivity contribution in [3.63, 3.8) is 0 Å². The molecule has 4 aromatic carbocycles. The van der Waals surface area contributed by atoms with Gasteiger partial charge in [-0.1, -0.05) is 91.0 Å². The minimum Gasteiger partial charge on any atom is -0.369 e. The second-order valence-corrected chi connectivity index (χ2v) is 22.4. The second kappa shape index (κ2) is 26.6. The molecule has 2 aromatic heterocycles. The number of hydrogen-bond donors (Lipinski definition) is 4. The Labute approximate surface area is 489 Å². The number of nitrogens with one attached hydrogen (secondary N) is 2. The zero-order valence-electron chi connectivity index (χ0n) is 47.2. The molecule has 6 aromatic rings. The average Bonchev–Trinajstić information content (AvgIpc) is 0.783. The lowest BCUT2D eigenvalue weighted by Crippen LogP contribution is -2.59. The first-order valence-electron chi connectivity index (χ1n) is 27.9. The van der Waals surface area contributed by atoms with Crippen LogP contribution >= 0.6 is 0 Å². The summed E-state index contributed by atoms with van der Waals surface area (Å²) < 4.78 is 162. The molecule has 2 fully saturated rings. The standard InChI is InChI=1S/C62H66F12N8O4/c1-40-32-46(8-19-53(40)49-13-17-51(18-14-49)58(86,61(69,70)71)62(72,73)74)35-80-29-31-82(37-45-22-26-76-27-23-45)54(39-80)56(84)78-42(3)5-4-41(2)77-55(83)33-52-38-79(34-44-20-24-75-25-21-44)28-30-81(52)36-43-6-9-47(10-7-43)48-11-15-50(16-12-48)57(85,59(63,64)65)60(66,67)68/h6-27,32,41-42,52,54,85-86H,4-5,28-31,33-39H2,1-3H3,(H,77,83)(H,78,84)/t41?,42?,52-,54?/m1/s1. The SMILES string of the molecule is Cc1cc(CN2CCN(Cc3ccncc3)C(C(=O)NC(C)CCC(C)NC(=O)C[C@@H]3CN(Cc4ccncc4)CCN3Cc3ccc(-c4ccc(C(O)(C(F)(F)F)C(F)(F)F)cc4)cc3)C2)ccc1-c1ccc(C(O)(C(F)(F)F)C(F)(F)F)cc1. The Morgan fingerprint density at radius 2 is 0.919 bits per heavy atom. The number of carbonyl (C=O) groups excluding carboxylic acids is 2. The number of rotatable bonds is 20. The molecular weight excluding hydrogens is 1150 g/mol. The van der Waals surface area contributed by atoms with Crippen LogP contribution < -0.4 is 10.6 Å². The van der Waals surface area contributed by atoms with Crippen LogP contribution in [0.25, 0.3) is 22.3 Å². The van der Waals surface area contributed by atoms with Crippen LogP contribution in [-0.2, 0) is 47.0 Å². The lowest BCUT2D eigenvalue weighted by molar-refractivity contribution is -0.376. The van der Waals surface area contributed by atoms with E-state index in [9.17, 15) is 72.5 Å². The summed E-state index contributed by atoms with van der Waals surface area (Å²) in [5, 5.41) is 26.0. The molecule has 0 bridgehead atoms. The van der Waals surface area contributed by atoms with E-state index in [2.05, 4.69) is 40.2 Å². The van der Waals surface area contributed by atoms with Gasteiger partial charge in [0.25, 0.3) is 11.2 Å². The van der Waals surface area contributed by atoms with Gasteiger partial charge in [0.15, 0.2) is 0 Å². The van der Waals surface area contributed by atoms with Crippen molar-refractivity contribution < 1.29 is 72.5 Å². The molecular formula is C62H66F12N8O4. The van der Waals surface area contributed by atoms with Crippen LogP contribution in [-0.4, -0.2) is 140 Å². The summed E-state index contributed by atoms with van der Waals surface area (Å²) in [6.45, 7) is 10.9. The lowest BCUT2D eigenvalue weighted by atomic mass is 9.90. The number of benzene rings is 4. The third-order valence-corrected chi connectivity index (χ3v) is 16.0. The van der Waals surface area contributed by atoms with Crippen molar-refractivity contribution in [1.29, 1.82) is 0 Å². The minimum atomic E-state index is -6.01. The van der Waals surface area contributed by atoms with Crippen molar-refractivity contribution in [2.24, 2.45) is 0 Å². The molecule has 3 unspecified atom stereocenters. The maximum Gasteiger partial charge on any atom is 0.430 e. The Hall–Kier alpha value is -6.96. The number of aryl methyl sites for hydroxylation is 1. The second-order valence-electron chi connectivity index (χ2n) is 22.4. The predicted molar refractivity (Wildman–Crippen MR) is 297 cm³/mol. The Balaban J connectivity index is 0.871. The van der Waals surface area contributed by atoms with E-state index < -0.39 is 53.1 Å². The topological polar surface area (TPSA) is 137 Å². The van der Waals surface area contributed by atoms with E-state index in [0.29, 0.717) is 130 Å². The molecule has 4 atom stereocenters. The predicted octanol–water partition coefficient (Wildman–Crippen LogP) is 11.0. The maximum atomic E-state index is 14.3. The van der Waals surface area contributed by atoms with Crippen molar-refractivity contribution in [2.45, 2.75) is 126 Å². The third-order valence-electron chi connectivity index (χ3n) is 16.0. The van der Waals surface area contributed by atoms with Gasteiger partial charge >= 0.3 is 24.7 Å². The summed E-state index contributed by atoms with van der Waals surface area (Å²) in [4.78, 5) is 45.2. The Morgan fingerprint density at radius 3 is 1.42 bits per heavy atom. The van der Waals surface area contributed by atoms with Crippen molar-refractivity contribution in [1.82, 2.24) is 40.2 Å². The first kappa shape index (κ1) is 65.0. The van der Waals surface area contributed by atoms with E-state index in [1.165, 1.54) is 0 Å². The number of piperazine rings is 2. The molecule has 0 radical (unpaired) electrons. The quantitative estimate of drug-likeness (QED) is 0.0547. The van der Waals surface area contributed by atoms with Gasteiger partial charge in [-0.05, 0) is 108 Å². The van der Waals surface area contributed by atoms with Crippen LogP contribution in [0.2, 0.25) is 0 Å². The van der Waals surface area contributed by atoms with E-state index in [1.54, 1.807) is 62.0 Å². The number of aromatic nitrogens is 2. The highest BCUT2D eigenvalue weighted by Gasteiger charge is 2.72. The van der Waals surface area contributed by atoms with E-state index in [4.69, 9.17) is 0 Å². The van der Waals surface area contributed by atoms with E-state index in [-0.39, 0.29) is 36.4 Å². The summed E-state index contributed by atoms with van der Waals surface area (Å²) in [6.07, 6.45) is -16.0. The van der Waals surface area contributed by atoms with Gasteiger partial charge in [-0.2, -0.15) is 52.7 Å². The number of aliphatic hydroxyl groups is 2. The highest BCUT2D eigenvalue weighted by Crippen LogP contribution is 2.51. The zero-order chi connectivity index (χ0) is 62.4. The molecule has 12 nitrogen and oxygen atoms in total. The fourth-order valence-electron chi connectivity index (χ4n) is 11.2. The number of alkyl halides is 12. The highest BCUT2D eigenvalue weighted by atomic mass is 19.4. The fraction of sp³-hybridized carbons (Fsp3) is 0.419. The van der Waals surface area contributed by atoms with Gasteiger partial charge in [0.05, 0.1) is 0 Å². The molecule has 0 spiro atoms.